The Morgan fingerprint density at radius 3 is 2.44 bits per heavy atom. The van der Waals surface area contributed by atoms with Crippen molar-refractivity contribution in [2.75, 3.05) is 5.32 Å². The maximum atomic E-state index is 12.5. The lowest BCUT2D eigenvalue weighted by molar-refractivity contribution is -0.274. The highest BCUT2D eigenvalue weighted by Gasteiger charge is 2.40. The van der Waals surface area contributed by atoms with E-state index in [0.29, 0.717) is 17.5 Å². The summed E-state index contributed by atoms with van der Waals surface area (Å²) < 4.78 is 40.7. The summed E-state index contributed by atoms with van der Waals surface area (Å²) in [5, 5.41) is 2.71. The number of alkyl halides is 3. The van der Waals surface area contributed by atoms with E-state index < -0.39 is 6.36 Å². The molecule has 3 N–H and O–H groups in total. The number of rotatable bonds is 3. The summed E-state index contributed by atoms with van der Waals surface area (Å²) in [5.41, 5.74) is 6.53. The summed E-state index contributed by atoms with van der Waals surface area (Å²) in [5.74, 6) is 0.111. The Bertz CT molecular complexity index is 598. The predicted octanol–water partition coefficient (Wildman–Crippen LogP) is 4.10. The van der Waals surface area contributed by atoms with Crippen LogP contribution in [0.5, 0.6) is 5.75 Å². The van der Waals surface area contributed by atoms with E-state index in [1.54, 1.807) is 6.07 Å². The number of ether oxygens (including phenoxy) is 1. The number of benzene rings is 1. The van der Waals surface area contributed by atoms with E-state index in [1.807, 2.05) is 0 Å². The van der Waals surface area contributed by atoms with Crippen molar-refractivity contribution < 1.29 is 22.7 Å². The van der Waals surface area contributed by atoms with Crippen LogP contribution in [0.3, 0.4) is 0 Å². The van der Waals surface area contributed by atoms with Crippen LogP contribution in [0.4, 0.5) is 18.9 Å². The summed E-state index contributed by atoms with van der Waals surface area (Å²) in [6, 6.07) is 5.53. The molecule has 0 aromatic heterocycles. The summed E-state index contributed by atoms with van der Waals surface area (Å²) in [7, 11) is 0. The molecule has 2 bridgehead atoms. The maximum absolute atomic E-state index is 12.5. The topological polar surface area (TPSA) is 64.4 Å². The third-order valence-corrected chi connectivity index (χ3v) is 5.12. The lowest BCUT2D eigenvalue weighted by atomic mass is 9.65. The van der Waals surface area contributed by atoms with Crippen LogP contribution in [0.1, 0.15) is 32.1 Å². The molecule has 2 aliphatic rings. The first-order valence-corrected chi connectivity index (χ1v) is 8.24. The van der Waals surface area contributed by atoms with Gasteiger partial charge in [0.15, 0.2) is 0 Å². The fourth-order valence-electron chi connectivity index (χ4n) is 4.02. The third kappa shape index (κ3) is 5.01. The first-order chi connectivity index (χ1) is 11.3. The molecule has 140 valence electrons. The molecule has 0 saturated heterocycles. The Morgan fingerprint density at radius 2 is 1.84 bits per heavy atom. The number of nitrogens with one attached hydrogen (secondary N) is 1. The zero-order valence-electron chi connectivity index (χ0n) is 13.6. The van der Waals surface area contributed by atoms with Gasteiger partial charge >= 0.3 is 6.36 Å². The van der Waals surface area contributed by atoms with Crippen molar-refractivity contribution >= 4 is 24.0 Å². The number of hydrogen-bond donors (Lipinski definition) is 2. The lowest BCUT2D eigenvalue weighted by Crippen LogP contribution is -2.48. The van der Waals surface area contributed by atoms with Gasteiger partial charge in [0.25, 0.3) is 0 Å². The smallest absolute Gasteiger partial charge is 0.406 e. The highest BCUT2D eigenvalue weighted by molar-refractivity contribution is 5.92. The normalized spacial score (nSPS) is 28.6. The monoisotopic (exact) mass is 378 g/mol. The number of hydrogen-bond acceptors (Lipinski definition) is 3. The molecule has 25 heavy (non-hydrogen) atoms. The van der Waals surface area contributed by atoms with Crippen LogP contribution in [0.25, 0.3) is 0 Å². The van der Waals surface area contributed by atoms with Crippen molar-refractivity contribution in [1.82, 2.24) is 0 Å². The van der Waals surface area contributed by atoms with Crippen molar-refractivity contribution in [3.8, 4) is 5.75 Å². The van der Waals surface area contributed by atoms with E-state index in [1.165, 1.54) is 18.2 Å². The molecule has 8 heteroatoms. The molecule has 1 aromatic carbocycles. The minimum Gasteiger partial charge on any atom is -0.406 e. The van der Waals surface area contributed by atoms with E-state index in [9.17, 15) is 18.0 Å². The van der Waals surface area contributed by atoms with Gasteiger partial charge in [-0.15, -0.1) is 25.6 Å². The van der Waals surface area contributed by atoms with E-state index in [0.717, 1.165) is 32.1 Å². The Morgan fingerprint density at radius 1 is 1.20 bits per heavy atom. The molecule has 0 radical (unpaired) electrons. The largest absolute Gasteiger partial charge is 0.573 e. The molecule has 4 nitrogen and oxygen atoms in total. The quantitative estimate of drug-likeness (QED) is 0.832. The second-order valence-corrected chi connectivity index (χ2v) is 6.76. The number of carbonyl (C=O) groups is 1. The van der Waals surface area contributed by atoms with Crippen molar-refractivity contribution in [1.29, 1.82) is 0 Å². The molecular weight excluding hydrogens is 357 g/mol. The number of anilines is 1. The van der Waals surface area contributed by atoms with E-state index in [2.05, 4.69) is 10.1 Å². The first kappa shape index (κ1) is 19.8. The molecule has 0 spiro atoms. The highest BCUT2D eigenvalue weighted by atomic mass is 35.5. The summed E-state index contributed by atoms with van der Waals surface area (Å²) in [6.07, 6.45) is 0.0188. The van der Waals surface area contributed by atoms with Crippen molar-refractivity contribution in [2.24, 2.45) is 23.5 Å². The average molecular weight is 379 g/mol. The minimum atomic E-state index is -4.75. The van der Waals surface area contributed by atoms with Crippen LogP contribution < -0.4 is 15.8 Å². The van der Waals surface area contributed by atoms with Gasteiger partial charge in [0.2, 0.25) is 5.91 Å². The number of halogens is 4. The Kier molecular flexibility index (Phi) is 6.21. The molecular formula is C17H22ClF3N2O2. The van der Waals surface area contributed by atoms with E-state index >= 15 is 0 Å². The van der Waals surface area contributed by atoms with Crippen LogP contribution in [0, 0.1) is 17.8 Å². The Balaban J connectivity index is 0.00000225. The van der Waals surface area contributed by atoms with Crippen LogP contribution in [-0.4, -0.2) is 18.3 Å². The van der Waals surface area contributed by atoms with Gasteiger partial charge in [-0.3, -0.25) is 4.79 Å². The summed E-state index contributed by atoms with van der Waals surface area (Å²) >= 11 is 0. The molecule has 2 atom stereocenters. The standard InChI is InChI=1S/C17H21F3N2O2.ClH/c18-17(19,20)24-14-6-2-5-13(9-14)22-16(23)12-7-10-3-1-4-11(8-12)15(10)21;/h2,5-6,9-12,15H,1,3-4,7-8,21H2,(H,22,23);1H. The molecule has 1 amide bonds. The van der Waals surface area contributed by atoms with Crippen molar-refractivity contribution in [3.63, 3.8) is 0 Å². The summed E-state index contributed by atoms with van der Waals surface area (Å²) in [6.45, 7) is 0. The van der Waals surface area contributed by atoms with Crippen LogP contribution in [0.15, 0.2) is 24.3 Å². The zero-order chi connectivity index (χ0) is 17.3. The van der Waals surface area contributed by atoms with E-state index in [-0.39, 0.29) is 36.0 Å². The number of amides is 1. The number of fused-ring (bicyclic) bond motifs is 2. The number of carbonyl (C=O) groups excluding carboxylic acids is 1. The molecule has 0 aliphatic heterocycles. The van der Waals surface area contributed by atoms with Gasteiger partial charge in [0.05, 0.1) is 0 Å². The van der Waals surface area contributed by atoms with Gasteiger partial charge < -0.3 is 15.8 Å². The fraction of sp³-hybridized carbons (Fsp3) is 0.588. The second kappa shape index (κ2) is 7.83. The van der Waals surface area contributed by atoms with Gasteiger partial charge in [-0.1, -0.05) is 12.5 Å². The average Bonchev–Trinajstić information content (AvgIpc) is 2.45. The molecule has 0 heterocycles. The van der Waals surface area contributed by atoms with Crippen LogP contribution >= 0.6 is 12.4 Å². The minimum absolute atomic E-state index is 0. The second-order valence-electron chi connectivity index (χ2n) is 6.76. The predicted molar refractivity (Wildman–Crippen MR) is 90.5 cm³/mol. The molecule has 1 aromatic rings. The highest BCUT2D eigenvalue weighted by Crippen LogP contribution is 2.42. The fourth-order valence-corrected chi connectivity index (χ4v) is 4.02. The lowest BCUT2D eigenvalue weighted by Gasteiger charge is -2.43. The Labute approximate surface area is 150 Å². The molecule has 2 aliphatic carbocycles. The molecule has 2 unspecified atom stereocenters. The van der Waals surface area contributed by atoms with Crippen molar-refractivity contribution in [2.45, 2.75) is 44.5 Å². The van der Waals surface area contributed by atoms with Gasteiger partial charge in [-0.25, -0.2) is 0 Å². The molecule has 3 rings (SSSR count). The van der Waals surface area contributed by atoms with Crippen molar-refractivity contribution in [3.05, 3.63) is 24.3 Å². The third-order valence-electron chi connectivity index (χ3n) is 5.12. The van der Waals surface area contributed by atoms with Crippen LogP contribution in [-0.2, 0) is 4.79 Å². The van der Waals surface area contributed by atoms with Gasteiger partial charge in [-0.05, 0) is 49.7 Å². The SMILES string of the molecule is Cl.NC1C2CCCC1CC(C(=O)Nc1cccc(OC(F)(F)F)c1)C2. The first-order valence-electron chi connectivity index (χ1n) is 8.24. The summed E-state index contributed by atoms with van der Waals surface area (Å²) in [4.78, 5) is 12.5. The molecule has 2 saturated carbocycles. The van der Waals surface area contributed by atoms with Gasteiger partial charge in [-0.2, -0.15) is 0 Å². The zero-order valence-corrected chi connectivity index (χ0v) is 14.4. The maximum Gasteiger partial charge on any atom is 0.573 e. The van der Waals surface area contributed by atoms with Gasteiger partial charge in [0, 0.05) is 23.7 Å². The Hall–Kier alpha value is -1.47. The number of nitrogens with two attached hydrogens (primary N) is 1. The van der Waals surface area contributed by atoms with Crippen LogP contribution in [0.2, 0.25) is 0 Å². The van der Waals surface area contributed by atoms with Gasteiger partial charge in [0.1, 0.15) is 5.75 Å². The van der Waals surface area contributed by atoms with E-state index in [4.69, 9.17) is 5.73 Å². The molecule has 2 fully saturated rings.